The maximum Gasteiger partial charge on any atom is 0.142 e. The number of benzene rings is 1. The zero-order chi connectivity index (χ0) is 17.1. The molecule has 126 valence electrons. The van der Waals surface area contributed by atoms with Crippen LogP contribution in [0.3, 0.4) is 0 Å². The number of aryl methyl sites for hydroxylation is 1. The number of hydrogen-bond donors (Lipinski definition) is 1. The third-order valence-corrected chi connectivity index (χ3v) is 3.83. The monoisotopic (exact) mass is 325 g/mol. The first kappa shape index (κ1) is 16.5. The van der Waals surface area contributed by atoms with Gasteiger partial charge < -0.3 is 9.84 Å². The summed E-state index contributed by atoms with van der Waals surface area (Å²) >= 11 is 0. The second-order valence-electron chi connectivity index (χ2n) is 6.46. The van der Waals surface area contributed by atoms with Crippen molar-refractivity contribution in [2.75, 3.05) is 6.61 Å². The van der Waals surface area contributed by atoms with Crippen LogP contribution >= 0.6 is 0 Å². The predicted molar refractivity (Wildman–Crippen MR) is 94.1 cm³/mol. The Morgan fingerprint density at radius 1 is 1.21 bits per heavy atom. The summed E-state index contributed by atoms with van der Waals surface area (Å²) in [5.41, 5.74) is 3.75. The van der Waals surface area contributed by atoms with Crippen molar-refractivity contribution in [2.24, 2.45) is 5.92 Å². The molecule has 5 nitrogen and oxygen atoms in total. The van der Waals surface area contributed by atoms with Crippen LogP contribution in [0.1, 0.15) is 30.8 Å². The fourth-order valence-corrected chi connectivity index (χ4v) is 2.60. The van der Waals surface area contributed by atoms with Gasteiger partial charge in [0.25, 0.3) is 0 Å². The molecule has 0 unspecified atom stereocenters. The van der Waals surface area contributed by atoms with Crippen LogP contribution in [0.2, 0.25) is 0 Å². The summed E-state index contributed by atoms with van der Waals surface area (Å²) in [6, 6.07) is 9.81. The summed E-state index contributed by atoms with van der Waals surface area (Å²) in [5.74, 6) is 1.27. The van der Waals surface area contributed by atoms with E-state index in [1.807, 2.05) is 48.1 Å². The molecule has 0 atom stereocenters. The first-order chi connectivity index (χ1) is 11.6. The molecular weight excluding hydrogens is 302 g/mol. The minimum absolute atomic E-state index is 0.0355. The molecule has 1 aromatic carbocycles. The molecule has 5 heteroatoms. The normalized spacial score (nSPS) is 11.4. The van der Waals surface area contributed by atoms with E-state index < -0.39 is 0 Å². The van der Waals surface area contributed by atoms with Crippen molar-refractivity contribution in [3.05, 3.63) is 53.5 Å². The number of nitrogens with zero attached hydrogens (tertiary/aromatic N) is 3. The molecule has 0 amide bonds. The molecule has 3 aromatic rings. The van der Waals surface area contributed by atoms with Gasteiger partial charge in [-0.3, -0.25) is 9.67 Å². The first-order valence-electron chi connectivity index (χ1n) is 8.21. The predicted octanol–water partition coefficient (Wildman–Crippen LogP) is 3.32. The molecular formula is C19H23N3O2. The average molecular weight is 325 g/mol. The summed E-state index contributed by atoms with van der Waals surface area (Å²) in [4.78, 5) is 4.64. The fourth-order valence-electron chi connectivity index (χ4n) is 2.60. The molecule has 0 saturated heterocycles. The lowest BCUT2D eigenvalue weighted by Crippen LogP contribution is -2.10. The van der Waals surface area contributed by atoms with Crippen molar-refractivity contribution in [3.8, 4) is 5.75 Å². The molecule has 0 bridgehead atoms. The number of pyridine rings is 1. The van der Waals surface area contributed by atoms with Gasteiger partial charge in [0.05, 0.1) is 31.5 Å². The number of aliphatic hydroxyl groups excluding tert-OH is 1. The van der Waals surface area contributed by atoms with Gasteiger partial charge in [0.15, 0.2) is 0 Å². The lowest BCUT2D eigenvalue weighted by molar-refractivity contribution is 0.266. The standard InChI is InChI=1S/C19H23N3O2/c1-13(2)12-24-19-7-4-14(3)21-17(19)10-22-18-6-5-15(11-23)8-16(18)9-20-22/h4-9,13,23H,10-12H2,1-3H3. The molecule has 2 aromatic heterocycles. The molecule has 0 aliphatic carbocycles. The van der Waals surface area contributed by atoms with Crippen molar-refractivity contribution in [2.45, 2.75) is 33.9 Å². The van der Waals surface area contributed by atoms with Crippen molar-refractivity contribution in [1.29, 1.82) is 0 Å². The van der Waals surface area contributed by atoms with E-state index in [9.17, 15) is 5.11 Å². The van der Waals surface area contributed by atoms with Crippen LogP contribution in [0.25, 0.3) is 10.9 Å². The highest BCUT2D eigenvalue weighted by atomic mass is 16.5. The summed E-state index contributed by atoms with van der Waals surface area (Å²) in [7, 11) is 0. The Kier molecular flexibility index (Phi) is 4.81. The average Bonchev–Trinajstić information content (AvgIpc) is 2.96. The first-order valence-corrected chi connectivity index (χ1v) is 8.21. The van der Waals surface area contributed by atoms with Gasteiger partial charge in [-0.1, -0.05) is 19.9 Å². The van der Waals surface area contributed by atoms with Gasteiger partial charge in [-0.15, -0.1) is 0 Å². The van der Waals surface area contributed by atoms with Crippen molar-refractivity contribution >= 4 is 10.9 Å². The number of hydrogen-bond acceptors (Lipinski definition) is 4. The van der Waals surface area contributed by atoms with Crippen LogP contribution in [-0.4, -0.2) is 26.5 Å². The number of rotatable bonds is 6. The zero-order valence-electron chi connectivity index (χ0n) is 14.4. The van der Waals surface area contributed by atoms with Gasteiger partial charge in [0, 0.05) is 11.1 Å². The van der Waals surface area contributed by atoms with Gasteiger partial charge in [-0.2, -0.15) is 5.10 Å². The van der Waals surface area contributed by atoms with Crippen LogP contribution in [0.15, 0.2) is 36.5 Å². The molecule has 0 fully saturated rings. The lowest BCUT2D eigenvalue weighted by Gasteiger charge is -2.13. The second-order valence-corrected chi connectivity index (χ2v) is 6.46. The molecule has 0 saturated carbocycles. The summed E-state index contributed by atoms with van der Waals surface area (Å²) in [6.07, 6.45) is 1.82. The molecule has 24 heavy (non-hydrogen) atoms. The smallest absolute Gasteiger partial charge is 0.142 e. The summed E-state index contributed by atoms with van der Waals surface area (Å²) < 4.78 is 7.83. The van der Waals surface area contributed by atoms with Crippen molar-refractivity contribution < 1.29 is 9.84 Å². The number of aromatic nitrogens is 3. The van der Waals surface area contributed by atoms with Gasteiger partial charge in [0.2, 0.25) is 0 Å². The minimum atomic E-state index is 0.0355. The Hall–Kier alpha value is -2.40. The van der Waals surface area contributed by atoms with Crippen LogP contribution in [-0.2, 0) is 13.2 Å². The Bertz CT molecular complexity index is 840. The van der Waals surface area contributed by atoms with E-state index in [4.69, 9.17) is 4.74 Å². The van der Waals surface area contributed by atoms with E-state index in [1.54, 1.807) is 0 Å². The number of fused-ring (bicyclic) bond motifs is 1. The van der Waals surface area contributed by atoms with E-state index >= 15 is 0 Å². The third-order valence-electron chi connectivity index (χ3n) is 3.83. The quantitative estimate of drug-likeness (QED) is 0.755. The molecule has 0 radical (unpaired) electrons. The van der Waals surface area contributed by atoms with E-state index in [-0.39, 0.29) is 6.61 Å². The van der Waals surface area contributed by atoms with E-state index in [2.05, 4.69) is 23.9 Å². The Labute approximate surface area is 141 Å². The van der Waals surface area contributed by atoms with Crippen LogP contribution in [0.5, 0.6) is 5.75 Å². The highest BCUT2D eigenvalue weighted by molar-refractivity contribution is 5.79. The second kappa shape index (κ2) is 7.01. The highest BCUT2D eigenvalue weighted by Gasteiger charge is 2.11. The highest BCUT2D eigenvalue weighted by Crippen LogP contribution is 2.22. The largest absolute Gasteiger partial charge is 0.491 e. The Morgan fingerprint density at radius 3 is 2.79 bits per heavy atom. The third kappa shape index (κ3) is 3.57. The maximum absolute atomic E-state index is 9.26. The maximum atomic E-state index is 9.26. The zero-order valence-corrected chi connectivity index (χ0v) is 14.4. The molecule has 1 N–H and O–H groups in total. The fraction of sp³-hybridized carbons (Fsp3) is 0.368. The van der Waals surface area contributed by atoms with Gasteiger partial charge in [-0.05, 0) is 42.7 Å². The van der Waals surface area contributed by atoms with E-state index in [0.29, 0.717) is 19.1 Å². The molecule has 0 aliphatic rings. The van der Waals surface area contributed by atoms with Crippen molar-refractivity contribution in [3.63, 3.8) is 0 Å². The minimum Gasteiger partial charge on any atom is -0.491 e. The van der Waals surface area contributed by atoms with Crippen molar-refractivity contribution in [1.82, 2.24) is 14.8 Å². The van der Waals surface area contributed by atoms with Gasteiger partial charge in [0.1, 0.15) is 11.4 Å². The van der Waals surface area contributed by atoms with Gasteiger partial charge in [-0.25, -0.2) is 0 Å². The number of aliphatic hydroxyl groups is 1. The van der Waals surface area contributed by atoms with Crippen LogP contribution in [0, 0.1) is 12.8 Å². The van der Waals surface area contributed by atoms with Gasteiger partial charge >= 0.3 is 0 Å². The molecule has 2 heterocycles. The summed E-state index contributed by atoms with van der Waals surface area (Å²) in [5, 5.41) is 14.7. The number of ether oxygens (including phenoxy) is 1. The van der Waals surface area contributed by atoms with Crippen LogP contribution in [0.4, 0.5) is 0 Å². The molecule has 0 spiro atoms. The SMILES string of the molecule is Cc1ccc(OCC(C)C)c(Cn2ncc3cc(CO)ccc32)n1. The Balaban J connectivity index is 1.91. The molecule has 0 aliphatic heterocycles. The van der Waals surface area contributed by atoms with E-state index in [1.165, 1.54) is 0 Å². The summed E-state index contributed by atoms with van der Waals surface area (Å²) in [6.45, 7) is 7.48. The topological polar surface area (TPSA) is 60.2 Å². The van der Waals surface area contributed by atoms with E-state index in [0.717, 1.165) is 33.6 Å². The van der Waals surface area contributed by atoms with Crippen LogP contribution < -0.4 is 4.74 Å². The lowest BCUT2D eigenvalue weighted by atomic mass is 10.2. The molecule has 3 rings (SSSR count). The Morgan fingerprint density at radius 2 is 2.04 bits per heavy atom.